The van der Waals surface area contributed by atoms with Crippen LogP contribution in [0.15, 0.2) is 43.0 Å². The van der Waals surface area contributed by atoms with E-state index in [1.807, 2.05) is 18.7 Å². The molecule has 3 aromatic rings. The van der Waals surface area contributed by atoms with Gasteiger partial charge >= 0.3 is 18.3 Å². The summed E-state index contributed by atoms with van der Waals surface area (Å²) in [6.45, 7) is 3.59. The highest BCUT2D eigenvalue weighted by Gasteiger charge is 2.43. The van der Waals surface area contributed by atoms with Gasteiger partial charge in [0.05, 0.1) is 17.3 Å². The summed E-state index contributed by atoms with van der Waals surface area (Å²) < 4.78 is 84.6. The van der Waals surface area contributed by atoms with Crippen molar-refractivity contribution in [2.45, 2.75) is 109 Å². The van der Waals surface area contributed by atoms with E-state index >= 15 is 0 Å². The molecule has 50 heavy (non-hydrogen) atoms. The zero-order chi connectivity index (χ0) is 36.4. The van der Waals surface area contributed by atoms with Crippen molar-refractivity contribution in [2.75, 3.05) is 4.90 Å². The number of anilines is 1. The van der Waals surface area contributed by atoms with Crippen LogP contribution in [-0.2, 0) is 35.5 Å². The minimum absolute atomic E-state index is 0.0206. The largest absolute Gasteiger partial charge is 0.481 e. The molecule has 0 radical (unpaired) electrons. The molecule has 0 spiro atoms. The minimum atomic E-state index is -5.00. The first-order valence-electron chi connectivity index (χ1n) is 17.0. The van der Waals surface area contributed by atoms with E-state index in [1.54, 1.807) is 41.4 Å². The first-order valence-corrected chi connectivity index (χ1v) is 17.0. The summed E-state index contributed by atoms with van der Waals surface area (Å²) in [5, 5.41) is 13.3. The predicted molar refractivity (Wildman–Crippen MR) is 173 cm³/mol. The summed E-state index contributed by atoms with van der Waals surface area (Å²) in [4.78, 5) is 38.0. The normalized spacial score (nSPS) is 23.1. The summed E-state index contributed by atoms with van der Waals surface area (Å²) in [7, 11) is 1.75. The molecule has 1 saturated heterocycles. The van der Waals surface area contributed by atoms with Crippen molar-refractivity contribution in [1.82, 2.24) is 24.6 Å². The molecule has 272 valence electrons. The Morgan fingerprint density at radius 3 is 1.88 bits per heavy atom. The molecular weight excluding hydrogens is 666 g/mol. The molecule has 2 fully saturated rings. The van der Waals surface area contributed by atoms with Gasteiger partial charge in [0.15, 0.2) is 0 Å². The first kappa shape index (κ1) is 37.1. The lowest BCUT2D eigenvalue weighted by Crippen LogP contribution is -2.58. The average Bonchev–Trinajstić information content (AvgIpc) is 3.51. The summed E-state index contributed by atoms with van der Waals surface area (Å²) in [6.07, 6.45) is 1.08. The fourth-order valence-corrected chi connectivity index (χ4v) is 7.52. The number of carboxylic acids is 1. The summed E-state index contributed by atoms with van der Waals surface area (Å²) in [6, 6.07) is 0.695. The van der Waals surface area contributed by atoms with E-state index in [1.165, 1.54) is 0 Å². The molecule has 1 aromatic carbocycles. The van der Waals surface area contributed by atoms with E-state index in [2.05, 4.69) is 15.1 Å². The van der Waals surface area contributed by atoms with Crippen LogP contribution in [0.1, 0.15) is 88.3 Å². The third-order valence-electron chi connectivity index (χ3n) is 10.1. The van der Waals surface area contributed by atoms with Crippen LogP contribution >= 0.6 is 0 Å². The van der Waals surface area contributed by atoms with Crippen LogP contribution in [0.4, 0.5) is 32.3 Å². The maximum atomic E-state index is 14.0. The van der Waals surface area contributed by atoms with Crippen molar-refractivity contribution in [1.29, 1.82) is 0 Å². The Labute approximate surface area is 286 Å². The number of rotatable bonds is 10. The van der Waals surface area contributed by atoms with E-state index < -0.39 is 35.5 Å². The highest BCUT2D eigenvalue weighted by Crippen LogP contribution is 2.40. The standard InChI is InChI=1S/C35H42F6N6O3/c1-4-28-14-30(15-29(5-2)47(28)32(50)23-8-6-21(7-9-23)12-31(48)49)46(33-42-16-24(17-43-33)25-18-44-45(3)20-25)19-22-10-26(34(36,37)38)13-27(11-22)35(39,40)41/h10-11,13,16-18,20-21,23,28-30H,4-9,12,14-15,19H2,1-3H3,(H,48,49)/t21-,23-,28-,29+,30+. The van der Waals surface area contributed by atoms with Gasteiger partial charge < -0.3 is 14.9 Å². The van der Waals surface area contributed by atoms with Crippen LogP contribution in [-0.4, -0.2) is 59.8 Å². The smallest absolute Gasteiger partial charge is 0.416 e. The zero-order valence-corrected chi connectivity index (χ0v) is 28.2. The highest BCUT2D eigenvalue weighted by molar-refractivity contribution is 5.80. The number of likely N-dealkylation sites (tertiary alicyclic amines) is 1. The van der Waals surface area contributed by atoms with Gasteiger partial charge in [-0.2, -0.15) is 31.4 Å². The van der Waals surface area contributed by atoms with E-state index in [-0.39, 0.29) is 60.4 Å². The van der Waals surface area contributed by atoms with E-state index in [9.17, 15) is 41.0 Å². The second-order valence-corrected chi connectivity index (χ2v) is 13.5. The number of halogens is 6. The zero-order valence-electron chi connectivity index (χ0n) is 28.2. The Balaban J connectivity index is 1.47. The topological polar surface area (TPSA) is 104 Å². The number of aryl methyl sites for hydroxylation is 1. The monoisotopic (exact) mass is 708 g/mol. The molecule has 1 saturated carbocycles. The van der Waals surface area contributed by atoms with E-state index in [0.29, 0.717) is 56.9 Å². The number of nitrogens with zero attached hydrogens (tertiary/aromatic N) is 6. The van der Waals surface area contributed by atoms with Gasteiger partial charge in [0.1, 0.15) is 0 Å². The molecule has 5 rings (SSSR count). The Bertz CT molecular complexity index is 1590. The van der Waals surface area contributed by atoms with Crippen LogP contribution in [0.3, 0.4) is 0 Å². The van der Waals surface area contributed by atoms with Crippen molar-refractivity contribution in [3.05, 3.63) is 59.7 Å². The van der Waals surface area contributed by atoms with E-state index in [4.69, 9.17) is 0 Å². The summed E-state index contributed by atoms with van der Waals surface area (Å²) >= 11 is 0. The maximum absolute atomic E-state index is 14.0. The number of carbonyl (C=O) groups excluding carboxylic acids is 1. The lowest BCUT2D eigenvalue weighted by Gasteiger charge is -2.49. The van der Waals surface area contributed by atoms with Crippen LogP contribution in [0, 0.1) is 11.8 Å². The molecule has 1 amide bonds. The van der Waals surface area contributed by atoms with Crippen LogP contribution < -0.4 is 4.90 Å². The van der Waals surface area contributed by atoms with Gasteiger partial charge in [0, 0.05) is 73.8 Å². The molecule has 1 aliphatic heterocycles. The number of benzene rings is 1. The first-order chi connectivity index (χ1) is 23.6. The molecule has 3 heterocycles. The Morgan fingerprint density at radius 2 is 1.42 bits per heavy atom. The van der Waals surface area contributed by atoms with Crippen LogP contribution in [0.25, 0.3) is 11.1 Å². The number of carboxylic acid groups (broad SMARTS) is 1. The average molecular weight is 709 g/mol. The van der Waals surface area contributed by atoms with Gasteiger partial charge in [-0.3, -0.25) is 14.3 Å². The Kier molecular flexibility index (Phi) is 11.1. The number of aromatic nitrogens is 4. The van der Waals surface area contributed by atoms with Gasteiger partial charge in [0.2, 0.25) is 11.9 Å². The van der Waals surface area contributed by atoms with Crippen molar-refractivity contribution < 1.29 is 41.0 Å². The van der Waals surface area contributed by atoms with Gasteiger partial charge in [0.25, 0.3) is 0 Å². The fraction of sp³-hybridized carbons (Fsp3) is 0.571. The molecule has 9 nitrogen and oxygen atoms in total. The highest BCUT2D eigenvalue weighted by atomic mass is 19.4. The van der Waals surface area contributed by atoms with Crippen molar-refractivity contribution in [2.24, 2.45) is 18.9 Å². The van der Waals surface area contributed by atoms with Gasteiger partial charge in [-0.1, -0.05) is 13.8 Å². The molecule has 1 N–H and O–H groups in total. The molecule has 0 unspecified atom stereocenters. The number of carbonyl (C=O) groups is 2. The third-order valence-corrected chi connectivity index (χ3v) is 10.1. The van der Waals surface area contributed by atoms with Gasteiger partial charge in [-0.05, 0) is 81.0 Å². The number of amides is 1. The minimum Gasteiger partial charge on any atom is -0.481 e. The predicted octanol–water partition coefficient (Wildman–Crippen LogP) is 7.75. The van der Waals surface area contributed by atoms with Gasteiger partial charge in [-0.15, -0.1) is 0 Å². The lowest BCUT2D eigenvalue weighted by molar-refractivity contribution is -0.145. The molecule has 2 aromatic heterocycles. The van der Waals surface area contributed by atoms with Crippen molar-refractivity contribution in [3.8, 4) is 11.1 Å². The third kappa shape index (κ3) is 8.58. The van der Waals surface area contributed by atoms with Crippen molar-refractivity contribution >= 4 is 17.8 Å². The molecule has 3 atom stereocenters. The summed E-state index contributed by atoms with van der Waals surface area (Å²) in [5.41, 5.74) is -1.61. The van der Waals surface area contributed by atoms with E-state index in [0.717, 1.165) is 17.7 Å². The van der Waals surface area contributed by atoms with Crippen LogP contribution in [0.2, 0.25) is 0 Å². The molecule has 0 bridgehead atoms. The van der Waals surface area contributed by atoms with Gasteiger partial charge in [-0.25, -0.2) is 9.97 Å². The fourth-order valence-electron chi connectivity index (χ4n) is 7.52. The maximum Gasteiger partial charge on any atom is 0.416 e. The number of piperidine rings is 1. The molecule has 2 aliphatic rings. The number of aliphatic carboxylic acids is 1. The molecular formula is C35H42F6N6O3. The Morgan fingerprint density at radius 1 is 0.860 bits per heavy atom. The quantitative estimate of drug-likeness (QED) is 0.215. The second kappa shape index (κ2) is 15.0. The number of hydrogen-bond acceptors (Lipinski definition) is 6. The summed E-state index contributed by atoms with van der Waals surface area (Å²) in [5.74, 6) is -0.871. The molecule has 1 aliphatic carbocycles. The lowest BCUT2D eigenvalue weighted by atomic mass is 9.78. The van der Waals surface area contributed by atoms with Crippen molar-refractivity contribution in [3.63, 3.8) is 0 Å². The second-order valence-electron chi connectivity index (χ2n) is 13.5. The van der Waals surface area contributed by atoms with Crippen LogP contribution in [0.5, 0.6) is 0 Å². The Hall–Kier alpha value is -4.17. The number of alkyl halides is 6. The SMILES string of the molecule is CC[C@@H]1C[C@H](N(Cc2cc(C(F)(F)F)cc(C(F)(F)F)c2)c2ncc(-c3cnn(C)c3)cn2)C[C@H](CC)N1C(=O)[C@H]1CC[C@H](CC(=O)O)CC1. The number of hydrogen-bond donors (Lipinski definition) is 1. The molecule has 15 heteroatoms.